The molecule has 0 aromatic carbocycles. The smallest absolute Gasteiger partial charge is 0.0950 e. The van der Waals surface area contributed by atoms with E-state index >= 15 is 0 Å². The zero-order chi connectivity index (χ0) is 12.6. The average molecular weight is 247 g/mol. The van der Waals surface area contributed by atoms with E-state index in [1.807, 2.05) is 0 Å². The molecule has 3 nitrogen and oxygen atoms in total. The monoisotopic (exact) mass is 247 g/mol. The van der Waals surface area contributed by atoms with Gasteiger partial charge in [-0.1, -0.05) is 19.8 Å². The van der Waals surface area contributed by atoms with Gasteiger partial charge in [-0.25, -0.2) is 4.98 Å². The predicted octanol–water partition coefficient (Wildman–Crippen LogP) is 2.89. The molecule has 2 heterocycles. The third-order valence-electron chi connectivity index (χ3n) is 4.84. The zero-order valence-electron chi connectivity index (χ0n) is 11.7. The van der Waals surface area contributed by atoms with E-state index in [0.717, 1.165) is 19.0 Å². The topological polar surface area (TPSA) is 29.9 Å². The fourth-order valence-corrected chi connectivity index (χ4v) is 3.31. The lowest BCUT2D eigenvalue weighted by Gasteiger charge is -2.35. The minimum absolute atomic E-state index is 0.319. The second-order valence-corrected chi connectivity index (χ2v) is 6.52. The lowest BCUT2D eigenvalue weighted by Crippen LogP contribution is -2.39. The molecular formula is C15H25N3. The Balaban J connectivity index is 1.80. The Morgan fingerprint density at radius 2 is 2.17 bits per heavy atom. The highest BCUT2D eigenvalue weighted by molar-refractivity contribution is 5.16. The maximum absolute atomic E-state index is 4.43. The Bertz CT molecular complexity index is 400. The van der Waals surface area contributed by atoms with Gasteiger partial charge in [0.25, 0.3) is 0 Å². The summed E-state index contributed by atoms with van der Waals surface area (Å²) in [6, 6.07) is 0.613. The van der Waals surface area contributed by atoms with Crippen molar-refractivity contribution in [2.24, 2.45) is 5.92 Å². The number of hydrogen-bond acceptors (Lipinski definition) is 2. The summed E-state index contributed by atoms with van der Waals surface area (Å²) < 4.78 is 2.45. The van der Waals surface area contributed by atoms with Crippen molar-refractivity contribution < 1.29 is 0 Å². The van der Waals surface area contributed by atoms with Crippen LogP contribution >= 0.6 is 0 Å². The SMILES string of the molecule is CC(CC1CC1)n1cncc1C1(C)CCNCC1. The van der Waals surface area contributed by atoms with Gasteiger partial charge >= 0.3 is 0 Å². The molecule has 2 aliphatic rings. The lowest BCUT2D eigenvalue weighted by atomic mass is 9.78. The summed E-state index contributed by atoms with van der Waals surface area (Å²) in [6.45, 7) is 7.04. The Morgan fingerprint density at radius 1 is 1.44 bits per heavy atom. The molecule has 1 atom stereocenters. The van der Waals surface area contributed by atoms with Crippen LogP contribution in [0.15, 0.2) is 12.5 Å². The summed E-state index contributed by atoms with van der Waals surface area (Å²) in [5.41, 5.74) is 1.77. The molecule has 1 aliphatic heterocycles. The number of piperidine rings is 1. The Hall–Kier alpha value is -0.830. The van der Waals surface area contributed by atoms with Crippen LogP contribution in [-0.4, -0.2) is 22.6 Å². The third kappa shape index (κ3) is 2.33. The summed E-state index contributed by atoms with van der Waals surface area (Å²) in [5, 5.41) is 3.46. The molecule has 1 saturated carbocycles. The molecule has 100 valence electrons. The van der Waals surface area contributed by atoms with Crippen LogP contribution < -0.4 is 5.32 Å². The molecule has 1 saturated heterocycles. The maximum Gasteiger partial charge on any atom is 0.0950 e. The fraction of sp³-hybridized carbons (Fsp3) is 0.800. The highest BCUT2D eigenvalue weighted by Gasteiger charge is 2.33. The minimum Gasteiger partial charge on any atom is -0.331 e. The van der Waals surface area contributed by atoms with Crippen LogP contribution in [0.25, 0.3) is 0 Å². The standard InChI is InChI=1S/C15H25N3/c1-12(9-13-3-4-13)18-11-17-10-14(18)15(2)5-7-16-8-6-15/h10-13,16H,3-9H2,1-2H3. The molecule has 0 spiro atoms. The number of hydrogen-bond donors (Lipinski definition) is 1. The number of rotatable bonds is 4. The normalized spacial score (nSPS) is 25.0. The number of nitrogens with one attached hydrogen (secondary N) is 1. The maximum atomic E-state index is 4.43. The first-order valence-corrected chi connectivity index (χ1v) is 7.42. The van der Waals surface area contributed by atoms with Gasteiger partial charge < -0.3 is 9.88 Å². The number of nitrogens with zero attached hydrogens (tertiary/aromatic N) is 2. The zero-order valence-corrected chi connectivity index (χ0v) is 11.7. The quantitative estimate of drug-likeness (QED) is 0.886. The van der Waals surface area contributed by atoms with Crippen molar-refractivity contribution in [1.82, 2.24) is 14.9 Å². The Kier molecular flexibility index (Phi) is 3.18. The fourth-order valence-electron chi connectivity index (χ4n) is 3.31. The van der Waals surface area contributed by atoms with E-state index in [9.17, 15) is 0 Å². The largest absolute Gasteiger partial charge is 0.331 e. The van der Waals surface area contributed by atoms with Gasteiger partial charge in [0, 0.05) is 23.3 Å². The molecule has 18 heavy (non-hydrogen) atoms. The van der Waals surface area contributed by atoms with Gasteiger partial charge in [-0.05, 0) is 45.2 Å². The van der Waals surface area contributed by atoms with Crippen molar-refractivity contribution in [3.05, 3.63) is 18.2 Å². The van der Waals surface area contributed by atoms with Gasteiger partial charge in [0.1, 0.15) is 0 Å². The molecular weight excluding hydrogens is 222 g/mol. The Labute approximate surface area is 110 Å². The van der Waals surface area contributed by atoms with Crippen LogP contribution in [-0.2, 0) is 5.41 Å². The van der Waals surface area contributed by atoms with E-state index in [2.05, 4.69) is 41.2 Å². The van der Waals surface area contributed by atoms with Gasteiger partial charge in [-0.15, -0.1) is 0 Å². The van der Waals surface area contributed by atoms with E-state index in [1.54, 1.807) is 0 Å². The van der Waals surface area contributed by atoms with Gasteiger partial charge in [0.05, 0.1) is 6.33 Å². The van der Waals surface area contributed by atoms with Gasteiger partial charge in [-0.3, -0.25) is 0 Å². The first kappa shape index (κ1) is 12.2. The highest BCUT2D eigenvalue weighted by Crippen LogP contribution is 2.39. The molecule has 1 aliphatic carbocycles. The first-order chi connectivity index (χ1) is 8.69. The molecule has 0 amide bonds. The summed E-state index contributed by atoms with van der Waals surface area (Å²) in [4.78, 5) is 4.43. The predicted molar refractivity (Wildman–Crippen MR) is 73.7 cm³/mol. The van der Waals surface area contributed by atoms with Crippen LogP contribution in [0.3, 0.4) is 0 Å². The number of aromatic nitrogens is 2. The molecule has 2 fully saturated rings. The van der Waals surface area contributed by atoms with Crippen LogP contribution in [0, 0.1) is 5.92 Å². The van der Waals surface area contributed by atoms with Crippen molar-refractivity contribution >= 4 is 0 Å². The highest BCUT2D eigenvalue weighted by atomic mass is 15.1. The molecule has 3 heteroatoms. The van der Waals surface area contributed by atoms with Crippen molar-refractivity contribution in [2.45, 2.75) is 57.4 Å². The molecule has 0 radical (unpaired) electrons. The molecule has 1 aromatic rings. The van der Waals surface area contributed by atoms with E-state index in [0.29, 0.717) is 11.5 Å². The van der Waals surface area contributed by atoms with Gasteiger partial charge in [-0.2, -0.15) is 0 Å². The summed E-state index contributed by atoms with van der Waals surface area (Å²) in [7, 11) is 0. The molecule has 1 N–H and O–H groups in total. The van der Waals surface area contributed by atoms with Gasteiger partial charge in [0.15, 0.2) is 0 Å². The molecule has 0 bridgehead atoms. The number of imidazole rings is 1. The summed E-state index contributed by atoms with van der Waals surface area (Å²) >= 11 is 0. The van der Waals surface area contributed by atoms with Crippen LogP contribution in [0.1, 0.15) is 57.7 Å². The van der Waals surface area contributed by atoms with E-state index < -0.39 is 0 Å². The lowest BCUT2D eigenvalue weighted by molar-refractivity contribution is 0.306. The van der Waals surface area contributed by atoms with Crippen LogP contribution in [0.4, 0.5) is 0 Å². The first-order valence-electron chi connectivity index (χ1n) is 7.42. The average Bonchev–Trinajstić information content (AvgIpc) is 3.03. The van der Waals surface area contributed by atoms with Crippen molar-refractivity contribution in [2.75, 3.05) is 13.1 Å². The van der Waals surface area contributed by atoms with Crippen LogP contribution in [0.2, 0.25) is 0 Å². The van der Waals surface area contributed by atoms with Crippen molar-refractivity contribution in [1.29, 1.82) is 0 Å². The van der Waals surface area contributed by atoms with Crippen LogP contribution in [0.5, 0.6) is 0 Å². The van der Waals surface area contributed by atoms with E-state index in [4.69, 9.17) is 0 Å². The van der Waals surface area contributed by atoms with E-state index in [1.165, 1.54) is 37.8 Å². The minimum atomic E-state index is 0.319. The van der Waals surface area contributed by atoms with Gasteiger partial charge in [0.2, 0.25) is 0 Å². The van der Waals surface area contributed by atoms with Crippen molar-refractivity contribution in [3.63, 3.8) is 0 Å². The van der Waals surface area contributed by atoms with E-state index in [-0.39, 0.29) is 0 Å². The summed E-state index contributed by atoms with van der Waals surface area (Å²) in [6.07, 6.45) is 10.8. The second-order valence-electron chi connectivity index (χ2n) is 6.52. The third-order valence-corrected chi connectivity index (χ3v) is 4.84. The molecule has 1 aromatic heterocycles. The molecule has 1 unspecified atom stereocenters. The summed E-state index contributed by atoms with van der Waals surface area (Å²) in [5.74, 6) is 0.982. The molecule has 3 rings (SSSR count). The van der Waals surface area contributed by atoms with Crippen molar-refractivity contribution in [3.8, 4) is 0 Å². The second kappa shape index (κ2) is 4.69. The Morgan fingerprint density at radius 3 is 2.83 bits per heavy atom.